The second-order valence-electron chi connectivity index (χ2n) is 5.28. The lowest BCUT2D eigenvalue weighted by Crippen LogP contribution is -3.14. The van der Waals surface area contributed by atoms with Gasteiger partial charge in [-0.3, -0.25) is 9.79 Å². The molecular formula is C16H19N2O3+. The SMILES string of the molecule is O=C1C(C=NCC[NH+]2CCOCC2)=C(O)c2ccccc21. The number of ketones is 1. The van der Waals surface area contributed by atoms with Crippen LogP contribution in [-0.4, -0.2) is 56.5 Å². The van der Waals surface area contributed by atoms with Crippen molar-refractivity contribution in [3.63, 3.8) is 0 Å². The van der Waals surface area contributed by atoms with Gasteiger partial charge in [-0.1, -0.05) is 24.3 Å². The van der Waals surface area contributed by atoms with Crippen LogP contribution in [0.15, 0.2) is 34.8 Å². The van der Waals surface area contributed by atoms with E-state index < -0.39 is 0 Å². The second kappa shape index (κ2) is 6.20. The molecule has 0 saturated carbocycles. The van der Waals surface area contributed by atoms with Gasteiger partial charge in [-0.25, -0.2) is 0 Å². The molecule has 0 radical (unpaired) electrons. The van der Waals surface area contributed by atoms with Crippen molar-refractivity contribution in [2.75, 3.05) is 39.4 Å². The zero-order valence-electron chi connectivity index (χ0n) is 11.8. The molecule has 1 saturated heterocycles. The molecule has 0 amide bonds. The van der Waals surface area contributed by atoms with Gasteiger partial charge in [0.25, 0.3) is 0 Å². The predicted molar refractivity (Wildman–Crippen MR) is 80.1 cm³/mol. The number of allylic oxidation sites excluding steroid dienone is 1. The van der Waals surface area contributed by atoms with Crippen LogP contribution in [0.25, 0.3) is 5.76 Å². The lowest BCUT2D eigenvalue weighted by molar-refractivity contribution is -0.906. The molecule has 0 atom stereocenters. The second-order valence-corrected chi connectivity index (χ2v) is 5.28. The number of hydrogen-bond donors (Lipinski definition) is 2. The van der Waals surface area contributed by atoms with Gasteiger partial charge < -0.3 is 14.7 Å². The van der Waals surface area contributed by atoms with Crippen LogP contribution in [0, 0.1) is 0 Å². The molecule has 1 aliphatic carbocycles. The number of aliphatic hydroxyl groups excluding tert-OH is 1. The highest BCUT2D eigenvalue weighted by Gasteiger charge is 2.27. The lowest BCUT2D eigenvalue weighted by atomic mass is 10.1. The lowest BCUT2D eigenvalue weighted by Gasteiger charge is -2.22. The normalized spacial score (nSPS) is 19.5. The topological polar surface area (TPSA) is 63.3 Å². The van der Waals surface area contributed by atoms with Crippen LogP contribution in [-0.2, 0) is 4.74 Å². The highest BCUT2D eigenvalue weighted by molar-refractivity contribution is 6.30. The fourth-order valence-corrected chi connectivity index (χ4v) is 2.69. The number of nitrogens with one attached hydrogen (secondary N) is 1. The molecule has 0 spiro atoms. The maximum atomic E-state index is 12.2. The molecule has 0 aromatic heterocycles. The highest BCUT2D eigenvalue weighted by atomic mass is 16.5. The summed E-state index contributed by atoms with van der Waals surface area (Å²) in [6, 6.07) is 7.09. The van der Waals surface area contributed by atoms with E-state index in [9.17, 15) is 9.90 Å². The van der Waals surface area contributed by atoms with Gasteiger partial charge in [0.1, 0.15) is 18.8 Å². The van der Waals surface area contributed by atoms with Gasteiger partial charge in [-0.05, 0) is 0 Å². The third-order valence-electron chi connectivity index (χ3n) is 3.94. The molecule has 5 heteroatoms. The van der Waals surface area contributed by atoms with Crippen molar-refractivity contribution in [2.45, 2.75) is 0 Å². The number of carbonyl (C=O) groups is 1. The first kappa shape index (κ1) is 14.0. The van der Waals surface area contributed by atoms with Crippen LogP contribution in [0.3, 0.4) is 0 Å². The predicted octanol–water partition coefficient (Wildman–Crippen LogP) is 0.138. The van der Waals surface area contributed by atoms with Crippen LogP contribution >= 0.6 is 0 Å². The van der Waals surface area contributed by atoms with Crippen molar-refractivity contribution >= 4 is 17.8 Å². The van der Waals surface area contributed by atoms with Crippen molar-refractivity contribution in [1.29, 1.82) is 0 Å². The van der Waals surface area contributed by atoms with Gasteiger partial charge in [-0.15, -0.1) is 0 Å². The standard InChI is InChI=1S/C16H18N2O3/c19-15-12-3-1-2-4-13(12)16(20)14(15)11-17-5-6-18-7-9-21-10-8-18/h1-4,11,19H,5-10H2/p+1. The number of morpholine rings is 1. The molecule has 2 aliphatic rings. The van der Waals surface area contributed by atoms with Gasteiger partial charge in [0, 0.05) is 17.3 Å². The molecule has 2 N–H and O–H groups in total. The molecule has 3 rings (SSSR count). The zero-order valence-corrected chi connectivity index (χ0v) is 11.8. The Morgan fingerprint density at radius 3 is 2.67 bits per heavy atom. The quantitative estimate of drug-likeness (QED) is 0.774. The van der Waals surface area contributed by atoms with E-state index >= 15 is 0 Å². The molecule has 21 heavy (non-hydrogen) atoms. The van der Waals surface area contributed by atoms with E-state index in [-0.39, 0.29) is 11.5 Å². The van der Waals surface area contributed by atoms with E-state index in [4.69, 9.17) is 4.74 Å². The fraction of sp³-hybridized carbons (Fsp3) is 0.375. The summed E-state index contributed by atoms with van der Waals surface area (Å²) in [5.74, 6) is -0.108. The number of Topliss-reactive ketones (excluding diaryl/α,β-unsaturated/α-hetero) is 1. The van der Waals surface area contributed by atoms with Crippen molar-refractivity contribution in [3.8, 4) is 0 Å². The summed E-state index contributed by atoms with van der Waals surface area (Å²) >= 11 is 0. The number of nitrogens with zero attached hydrogens (tertiary/aromatic N) is 1. The summed E-state index contributed by atoms with van der Waals surface area (Å²) in [5, 5.41) is 10.1. The van der Waals surface area contributed by atoms with Crippen LogP contribution in [0.1, 0.15) is 15.9 Å². The molecule has 1 aromatic carbocycles. The number of rotatable bonds is 4. The molecule has 0 unspecified atom stereocenters. The number of benzene rings is 1. The van der Waals surface area contributed by atoms with E-state index in [1.807, 2.05) is 6.07 Å². The number of fused-ring (bicyclic) bond motifs is 1. The monoisotopic (exact) mass is 287 g/mol. The van der Waals surface area contributed by atoms with Crippen molar-refractivity contribution in [3.05, 3.63) is 41.0 Å². The Kier molecular flexibility index (Phi) is 4.13. The maximum Gasteiger partial charge on any atom is 0.199 e. The molecule has 1 fully saturated rings. The first-order valence-electron chi connectivity index (χ1n) is 7.26. The Hall–Kier alpha value is -1.98. The summed E-state index contributed by atoms with van der Waals surface area (Å²) in [6.07, 6.45) is 1.51. The summed E-state index contributed by atoms with van der Waals surface area (Å²) in [4.78, 5) is 17.9. The summed E-state index contributed by atoms with van der Waals surface area (Å²) in [7, 11) is 0. The first-order valence-corrected chi connectivity index (χ1v) is 7.26. The molecule has 1 aromatic rings. The van der Waals surface area contributed by atoms with Crippen molar-refractivity contribution in [1.82, 2.24) is 0 Å². The van der Waals surface area contributed by atoms with Crippen LogP contribution in [0.5, 0.6) is 0 Å². The first-order chi connectivity index (χ1) is 10.3. The molecule has 1 heterocycles. The summed E-state index contributed by atoms with van der Waals surface area (Å²) in [5.41, 5.74) is 1.45. The molecular weight excluding hydrogens is 268 g/mol. The van der Waals surface area contributed by atoms with Crippen LogP contribution in [0.4, 0.5) is 0 Å². The minimum atomic E-state index is -0.148. The fourth-order valence-electron chi connectivity index (χ4n) is 2.69. The number of hydrogen-bond acceptors (Lipinski definition) is 4. The number of ether oxygens (including phenoxy) is 1. The number of carbonyl (C=O) groups excluding carboxylic acids is 1. The van der Waals surface area contributed by atoms with E-state index in [0.717, 1.165) is 32.8 Å². The van der Waals surface area contributed by atoms with E-state index in [1.54, 1.807) is 18.2 Å². The molecule has 5 nitrogen and oxygen atoms in total. The summed E-state index contributed by atoms with van der Waals surface area (Å²) in [6.45, 7) is 5.20. The van der Waals surface area contributed by atoms with E-state index in [2.05, 4.69) is 4.99 Å². The highest BCUT2D eigenvalue weighted by Crippen LogP contribution is 2.29. The van der Waals surface area contributed by atoms with E-state index in [0.29, 0.717) is 23.2 Å². The van der Waals surface area contributed by atoms with Crippen molar-refractivity contribution in [2.24, 2.45) is 4.99 Å². The van der Waals surface area contributed by atoms with Crippen LogP contribution in [0.2, 0.25) is 0 Å². The van der Waals surface area contributed by atoms with Gasteiger partial charge in [0.05, 0.1) is 31.9 Å². The molecule has 110 valence electrons. The average Bonchev–Trinajstić information content (AvgIpc) is 2.77. The largest absolute Gasteiger partial charge is 0.506 e. The van der Waals surface area contributed by atoms with Gasteiger partial charge in [0.2, 0.25) is 0 Å². The summed E-state index contributed by atoms with van der Waals surface area (Å²) < 4.78 is 5.31. The molecule has 1 aliphatic heterocycles. The van der Waals surface area contributed by atoms with Gasteiger partial charge in [-0.2, -0.15) is 0 Å². The number of aliphatic hydroxyl groups is 1. The third-order valence-corrected chi connectivity index (χ3v) is 3.94. The van der Waals surface area contributed by atoms with Gasteiger partial charge in [0.15, 0.2) is 5.78 Å². The Balaban J connectivity index is 1.61. The Labute approximate surface area is 123 Å². The minimum Gasteiger partial charge on any atom is -0.506 e. The van der Waals surface area contributed by atoms with Crippen molar-refractivity contribution < 1.29 is 19.5 Å². The number of quaternary nitrogens is 1. The Bertz CT molecular complexity index is 601. The maximum absolute atomic E-state index is 12.2. The smallest absolute Gasteiger partial charge is 0.199 e. The molecule has 0 bridgehead atoms. The Morgan fingerprint density at radius 2 is 1.95 bits per heavy atom. The van der Waals surface area contributed by atoms with Crippen LogP contribution < -0.4 is 4.90 Å². The Morgan fingerprint density at radius 1 is 1.24 bits per heavy atom. The average molecular weight is 287 g/mol. The van der Waals surface area contributed by atoms with Gasteiger partial charge >= 0.3 is 0 Å². The van der Waals surface area contributed by atoms with E-state index in [1.165, 1.54) is 11.1 Å². The zero-order chi connectivity index (χ0) is 14.7. The minimum absolute atomic E-state index is 0.0399. The number of aliphatic imine (C=N–C) groups is 1. The third kappa shape index (κ3) is 2.89.